The van der Waals surface area contributed by atoms with Crippen molar-refractivity contribution < 1.29 is 14.3 Å². The van der Waals surface area contributed by atoms with E-state index >= 15 is 0 Å². The Bertz CT molecular complexity index is 1560. The van der Waals surface area contributed by atoms with Crippen LogP contribution in [0.5, 0.6) is 11.6 Å². The van der Waals surface area contributed by atoms with Crippen LogP contribution in [0, 0.1) is 17.2 Å². The topological polar surface area (TPSA) is 121 Å². The molecule has 184 valence electrons. The minimum Gasteiger partial charge on any atom is -0.438 e. The van der Waals surface area contributed by atoms with Gasteiger partial charge in [0.05, 0.1) is 17.7 Å². The number of amides is 2. The highest BCUT2D eigenvalue weighted by Crippen LogP contribution is 2.43. The van der Waals surface area contributed by atoms with E-state index in [1.165, 1.54) is 0 Å². The fourth-order valence-electron chi connectivity index (χ4n) is 4.47. The van der Waals surface area contributed by atoms with E-state index in [9.17, 15) is 14.9 Å². The molecule has 37 heavy (non-hydrogen) atoms. The number of carbonyl (C=O) groups is 2. The SMILES string of the molecule is N#CC1(c2cccc(C(=O)Nc3cccc(Oc4ccc5nc(NC(=O)C6CC6)cn5n4)c3)c2)CCC1. The number of rotatable bonds is 7. The van der Waals surface area contributed by atoms with Crippen LogP contribution < -0.4 is 15.4 Å². The summed E-state index contributed by atoms with van der Waals surface area (Å²) < 4.78 is 7.47. The van der Waals surface area contributed by atoms with Crippen LogP contribution in [0.4, 0.5) is 11.5 Å². The van der Waals surface area contributed by atoms with Gasteiger partial charge in [0.15, 0.2) is 11.5 Å². The van der Waals surface area contributed by atoms with E-state index in [2.05, 4.69) is 26.8 Å². The summed E-state index contributed by atoms with van der Waals surface area (Å²) >= 11 is 0. The number of aromatic nitrogens is 3. The predicted molar refractivity (Wildman–Crippen MR) is 136 cm³/mol. The lowest BCUT2D eigenvalue weighted by molar-refractivity contribution is -0.117. The quantitative estimate of drug-likeness (QED) is 0.372. The third kappa shape index (κ3) is 4.61. The third-order valence-corrected chi connectivity index (χ3v) is 6.91. The molecule has 2 aliphatic carbocycles. The first-order valence-electron chi connectivity index (χ1n) is 12.3. The molecular formula is C28H24N6O3. The van der Waals surface area contributed by atoms with Gasteiger partial charge >= 0.3 is 0 Å². The Kier molecular flexibility index (Phi) is 5.57. The van der Waals surface area contributed by atoms with Gasteiger partial charge in [-0.25, -0.2) is 9.50 Å². The van der Waals surface area contributed by atoms with Gasteiger partial charge in [-0.05, 0) is 68.0 Å². The summed E-state index contributed by atoms with van der Waals surface area (Å²) in [5, 5.41) is 19.8. The Morgan fingerprint density at radius 1 is 1.05 bits per heavy atom. The summed E-state index contributed by atoms with van der Waals surface area (Å²) in [4.78, 5) is 29.3. The number of nitrogens with one attached hydrogen (secondary N) is 2. The monoisotopic (exact) mass is 492 g/mol. The number of carbonyl (C=O) groups excluding carboxylic acids is 2. The Morgan fingerprint density at radius 2 is 1.89 bits per heavy atom. The summed E-state index contributed by atoms with van der Waals surface area (Å²) in [6.45, 7) is 0. The average Bonchev–Trinajstić information content (AvgIpc) is 3.65. The highest BCUT2D eigenvalue weighted by atomic mass is 16.5. The Hall–Kier alpha value is -4.71. The number of benzene rings is 2. The van der Waals surface area contributed by atoms with E-state index < -0.39 is 5.41 Å². The minimum absolute atomic E-state index is 0.0157. The molecule has 2 N–H and O–H groups in total. The summed E-state index contributed by atoms with van der Waals surface area (Å²) in [6.07, 6.45) is 6.16. The zero-order valence-electron chi connectivity index (χ0n) is 20.0. The van der Waals surface area contributed by atoms with Crippen molar-refractivity contribution in [2.75, 3.05) is 10.6 Å². The average molecular weight is 493 g/mol. The Balaban J connectivity index is 1.15. The maximum atomic E-state index is 12.9. The first-order chi connectivity index (χ1) is 18.0. The molecule has 2 saturated carbocycles. The van der Waals surface area contributed by atoms with Gasteiger partial charge in [0, 0.05) is 29.3 Å². The van der Waals surface area contributed by atoms with E-state index in [-0.39, 0.29) is 17.7 Å². The molecule has 0 aliphatic heterocycles. The number of fused-ring (bicyclic) bond motifs is 1. The largest absolute Gasteiger partial charge is 0.438 e. The van der Waals surface area contributed by atoms with Crippen LogP contribution in [0.15, 0.2) is 66.9 Å². The molecule has 0 saturated heterocycles. The zero-order valence-corrected chi connectivity index (χ0v) is 20.0. The molecule has 9 nitrogen and oxygen atoms in total. The third-order valence-electron chi connectivity index (χ3n) is 6.91. The first kappa shape index (κ1) is 22.7. The van der Waals surface area contributed by atoms with E-state index in [0.29, 0.717) is 34.3 Å². The molecule has 0 unspecified atom stereocenters. The molecular weight excluding hydrogens is 468 g/mol. The van der Waals surface area contributed by atoms with Crippen molar-refractivity contribution >= 4 is 29.0 Å². The number of hydrogen-bond acceptors (Lipinski definition) is 6. The number of imidazole rings is 1. The maximum absolute atomic E-state index is 12.9. The van der Waals surface area contributed by atoms with Gasteiger partial charge in [0.25, 0.3) is 5.91 Å². The van der Waals surface area contributed by atoms with Gasteiger partial charge in [-0.2, -0.15) is 5.26 Å². The molecule has 0 atom stereocenters. The van der Waals surface area contributed by atoms with E-state index in [1.54, 1.807) is 53.2 Å². The van der Waals surface area contributed by atoms with Gasteiger partial charge in [0.1, 0.15) is 5.75 Å². The summed E-state index contributed by atoms with van der Waals surface area (Å²) in [5.74, 6) is 1.10. The van der Waals surface area contributed by atoms with E-state index in [1.807, 2.05) is 18.2 Å². The van der Waals surface area contributed by atoms with Gasteiger partial charge in [-0.3, -0.25) is 9.59 Å². The molecule has 0 spiro atoms. The minimum atomic E-state index is -0.475. The summed E-state index contributed by atoms with van der Waals surface area (Å²) in [5.41, 5.74) is 2.07. The number of ether oxygens (including phenoxy) is 1. The van der Waals surface area contributed by atoms with Crippen molar-refractivity contribution in [2.45, 2.75) is 37.5 Å². The van der Waals surface area contributed by atoms with Crippen LogP contribution in [0.25, 0.3) is 5.65 Å². The van der Waals surface area contributed by atoms with Crippen molar-refractivity contribution in [2.24, 2.45) is 5.92 Å². The second kappa shape index (κ2) is 9.06. The lowest BCUT2D eigenvalue weighted by atomic mass is 9.65. The first-order valence-corrected chi connectivity index (χ1v) is 12.3. The summed E-state index contributed by atoms with van der Waals surface area (Å²) in [7, 11) is 0. The lowest BCUT2D eigenvalue weighted by Gasteiger charge is -2.35. The van der Waals surface area contributed by atoms with Crippen LogP contribution in [-0.2, 0) is 10.2 Å². The standard InChI is InChI=1S/C28H24N6O3/c29-17-28(12-3-13-28)20-5-1-4-19(14-20)27(36)30-21-6-2-7-22(15-21)37-25-11-10-24-31-23(16-34(24)33-25)32-26(35)18-8-9-18/h1-2,4-7,10-11,14-16,18H,3,8-9,12-13H2,(H,30,36)(H,32,35). The van der Waals surface area contributed by atoms with Gasteiger partial charge in [-0.1, -0.05) is 18.2 Å². The molecule has 9 heteroatoms. The summed E-state index contributed by atoms with van der Waals surface area (Å²) in [6, 6.07) is 20.2. The normalized spacial score (nSPS) is 15.9. The molecule has 2 amide bonds. The van der Waals surface area contributed by atoms with Crippen LogP contribution in [0.2, 0.25) is 0 Å². The van der Waals surface area contributed by atoms with Crippen molar-refractivity contribution in [1.82, 2.24) is 14.6 Å². The molecule has 2 heterocycles. The highest BCUT2D eigenvalue weighted by molar-refractivity contribution is 6.04. The Labute approximate surface area is 213 Å². The van der Waals surface area contributed by atoms with Crippen molar-refractivity contribution in [3.05, 3.63) is 78.0 Å². The molecule has 0 bridgehead atoms. The lowest BCUT2D eigenvalue weighted by Crippen LogP contribution is -2.32. The van der Waals surface area contributed by atoms with Crippen molar-refractivity contribution in [1.29, 1.82) is 5.26 Å². The highest BCUT2D eigenvalue weighted by Gasteiger charge is 2.39. The second-order valence-electron chi connectivity index (χ2n) is 9.58. The molecule has 2 fully saturated rings. The van der Waals surface area contributed by atoms with Crippen LogP contribution >= 0.6 is 0 Å². The second-order valence-corrected chi connectivity index (χ2v) is 9.58. The number of hydrogen-bond donors (Lipinski definition) is 2. The van der Waals surface area contributed by atoms with Gasteiger partial charge in [0.2, 0.25) is 11.8 Å². The van der Waals surface area contributed by atoms with Gasteiger partial charge in [-0.15, -0.1) is 5.10 Å². The smallest absolute Gasteiger partial charge is 0.255 e. The maximum Gasteiger partial charge on any atom is 0.255 e. The molecule has 2 aromatic heterocycles. The Morgan fingerprint density at radius 3 is 2.65 bits per heavy atom. The molecule has 2 aliphatic rings. The van der Waals surface area contributed by atoms with E-state index in [0.717, 1.165) is 37.7 Å². The zero-order chi connectivity index (χ0) is 25.4. The fraction of sp³-hybridized carbons (Fsp3) is 0.250. The van der Waals surface area contributed by atoms with Crippen molar-refractivity contribution in [3.63, 3.8) is 0 Å². The molecule has 2 aromatic carbocycles. The molecule has 0 radical (unpaired) electrons. The number of anilines is 2. The van der Waals surface area contributed by atoms with Crippen LogP contribution in [0.3, 0.4) is 0 Å². The molecule has 4 aromatic rings. The van der Waals surface area contributed by atoms with Crippen LogP contribution in [-0.4, -0.2) is 26.4 Å². The fourth-order valence-corrected chi connectivity index (χ4v) is 4.47. The van der Waals surface area contributed by atoms with Crippen LogP contribution in [0.1, 0.15) is 48.0 Å². The van der Waals surface area contributed by atoms with Crippen molar-refractivity contribution in [3.8, 4) is 17.7 Å². The number of nitriles is 1. The van der Waals surface area contributed by atoms with Gasteiger partial charge < -0.3 is 15.4 Å². The number of nitrogens with zero attached hydrogens (tertiary/aromatic N) is 4. The van der Waals surface area contributed by atoms with E-state index in [4.69, 9.17) is 4.74 Å². The molecule has 6 rings (SSSR count). The predicted octanol–water partition coefficient (Wildman–Crippen LogP) is 5.07.